The van der Waals surface area contributed by atoms with Gasteiger partial charge < -0.3 is 10.3 Å². The highest BCUT2D eigenvalue weighted by Gasteiger charge is 2.29. The molecule has 0 radical (unpaired) electrons. The largest absolute Gasteiger partial charge is 0.354 e. The van der Waals surface area contributed by atoms with Gasteiger partial charge in [0.2, 0.25) is 0 Å². The molecule has 1 aliphatic heterocycles. The van der Waals surface area contributed by atoms with E-state index in [0.717, 1.165) is 55.7 Å². The van der Waals surface area contributed by atoms with Crippen LogP contribution in [0.1, 0.15) is 56.9 Å². The summed E-state index contributed by atoms with van der Waals surface area (Å²) < 4.78 is 0. The summed E-state index contributed by atoms with van der Waals surface area (Å²) in [5.74, 6) is 0.0743. The molecule has 0 spiro atoms. The Labute approximate surface area is 153 Å². The number of benzene rings is 1. The van der Waals surface area contributed by atoms with Crippen molar-refractivity contribution in [2.45, 2.75) is 45.2 Å². The van der Waals surface area contributed by atoms with Gasteiger partial charge in [0, 0.05) is 43.4 Å². The summed E-state index contributed by atoms with van der Waals surface area (Å²) in [6.07, 6.45) is 3.26. The number of aromatic amines is 1. The average molecular weight is 351 g/mol. The van der Waals surface area contributed by atoms with E-state index >= 15 is 0 Å². The summed E-state index contributed by atoms with van der Waals surface area (Å²) in [6.45, 7) is 4.64. The molecular weight excluding hydrogens is 326 g/mol. The summed E-state index contributed by atoms with van der Waals surface area (Å²) in [5.41, 5.74) is 4.35. The molecule has 0 saturated carbocycles. The Kier molecular flexibility index (Phi) is 4.64. The predicted octanol–water partition coefficient (Wildman–Crippen LogP) is 2.85. The molecule has 136 valence electrons. The molecule has 1 aliphatic carbocycles. The Morgan fingerprint density at radius 3 is 2.85 bits per heavy atom. The van der Waals surface area contributed by atoms with Crippen molar-refractivity contribution in [1.82, 2.24) is 15.2 Å². The van der Waals surface area contributed by atoms with Gasteiger partial charge in [0.1, 0.15) is 5.69 Å². The lowest BCUT2D eigenvalue weighted by Crippen LogP contribution is -2.37. The van der Waals surface area contributed by atoms with Gasteiger partial charge in [-0.3, -0.25) is 14.5 Å². The summed E-state index contributed by atoms with van der Waals surface area (Å²) in [6, 6.07) is 10.6. The van der Waals surface area contributed by atoms with Gasteiger partial charge in [-0.15, -0.1) is 0 Å². The van der Waals surface area contributed by atoms with Gasteiger partial charge in [-0.05, 0) is 37.3 Å². The number of carbonyl (C=O) groups excluding carboxylic acids is 2. The summed E-state index contributed by atoms with van der Waals surface area (Å²) in [5, 5.41) is 3.15. The Balaban J connectivity index is 1.39. The molecule has 5 heteroatoms. The third kappa shape index (κ3) is 3.31. The van der Waals surface area contributed by atoms with Crippen molar-refractivity contribution in [3.63, 3.8) is 0 Å². The van der Waals surface area contributed by atoms with Crippen LogP contribution >= 0.6 is 0 Å². The number of rotatable bonds is 4. The summed E-state index contributed by atoms with van der Waals surface area (Å²) in [7, 11) is 0. The highest BCUT2D eigenvalue weighted by molar-refractivity contribution is 6.04. The standard InChI is InChI=1S/C21H25N3O2/c1-14-19-17(8-5-9-18(19)25)23-20(14)21(26)22-16-10-11-24(13-16)12-15-6-3-2-4-7-15/h2-4,6-7,16,23H,5,8-13H2,1H3,(H,22,26). The van der Waals surface area contributed by atoms with E-state index in [9.17, 15) is 9.59 Å². The summed E-state index contributed by atoms with van der Waals surface area (Å²) >= 11 is 0. The number of amides is 1. The SMILES string of the molecule is Cc1c(C(=O)NC2CCN(Cc3ccccc3)C2)[nH]c2c1C(=O)CCC2. The Morgan fingerprint density at radius 2 is 2.08 bits per heavy atom. The van der Waals surface area contributed by atoms with Gasteiger partial charge in [0.25, 0.3) is 5.91 Å². The van der Waals surface area contributed by atoms with E-state index in [-0.39, 0.29) is 17.7 Å². The number of aryl methyl sites for hydroxylation is 1. The second-order valence-corrected chi connectivity index (χ2v) is 7.44. The number of Topliss-reactive ketones (excluding diaryl/α,β-unsaturated/α-hetero) is 1. The fourth-order valence-electron chi connectivity index (χ4n) is 4.19. The first kappa shape index (κ1) is 17.0. The quantitative estimate of drug-likeness (QED) is 0.890. The van der Waals surface area contributed by atoms with Crippen molar-refractivity contribution < 1.29 is 9.59 Å². The van der Waals surface area contributed by atoms with Crippen molar-refractivity contribution in [3.8, 4) is 0 Å². The van der Waals surface area contributed by atoms with E-state index in [2.05, 4.69) is 39.5 Å². The third-order valence-corrected chi connectivity index (χ3v) is 5.52. The maximum absolute atomic E-state index is 12.7. The number of H-pyrrole nitrogens is 1. The van der Waals surface area contributed by atoms with E-state index in [1.807, 2.05) is 13.0 Å². The Morgan fingerprint density at radius 1 is 1.27 bits per heavy atom. The van der Waals surface area contributed by atoms with E-state index in [1.54, 1.807) is 0 Å². The van der Waals surface area contributed by atoms with Crippen LogP contribution in [0.5, 0.6) is 0 Å². The topological polar surface area (TPSA) is 65.2 Å². The van der Waals surface area contributed by atoms with E-state index < -0.39 is 0 Å². The molecule has 1 amide bonds. The van der Waals surface area contributed by atoms with Gasteiger partial charge in [-0.2, -0.15) is 0 Å². The molecule has 4 rings (SSSR count). The number of nitrogens with zero attached hydrogens (tertiary/aromatic N) is 1. The molecule has 26 heavy (non-hydrogen) atoms. The van der Waals surface area contributed by atoms with Crippen LogP contribution in [0.3, 0.4) is 0 Å². The van der Waals surface area contributed by atoms with Crippen LogP contribution in [0.4, 0.5) is 0 Å². The van der Waals surface area contributed by atoms with Crippen molar-refractivity contribution in [2.24, 2.45) is 0 Å². The second kappa shape index (κ2) is 7.08. The molecule has 2 heterocycles. The molecule has 1 unspecified atom stereocenters. The maximum Gasteiger partial charge on any atom is 0.268 e. The number of likely N-dealkylation sites (tertiary alicyclic amines) is 1. The molecule has 1 fully saturated rings. The van der Waals surface area contributed by atoms with Crippen LogP contribution in [0.2, 0.25) is 0 Å². The number of ketones is 1. The van der Waals surface area contributed by atoms with Crippen LogP contribution in [0.15, 0.2) is 30.3 Å². The molecule has 1 atom stereocenters. The van der Waals surface area contributed by atoms with Gasteiger partial charge >= 0.3 is 0 Å². The lowest BCUT2D eigenvalue weighted by Gasteiger charge is -2.16. The fourth-order valence-corrected chi connectivity index (χ4v) is 4.19. The van der Waals surface area contributed by atoms with E-state index in [1.165, 1.54) is 5.56 Å². The zero-order valence-electron chi connectivity index (χ0n) is 15.2. The van der Waals surface area contributed by atoms with Crippen molar-refractivity contribution in [3.05, 3.63) is 58.4 Å². The molecule has 0 bridgehead atoms. The van der Waals surface area contributed by atoms with Crippen LogP contribution in [-0.4, -0.2) is 40.7 Å². The second-order valence-electron chi connectivity index (χ2n) is 7.44. The zero-order chi connectivity index (χ0) is 18.1. The van der Waals surface area contributed by atoms with Crippen LogP contribution < -0.4 is 5.32 Å². The van der Waals surface area contributed by atoms with Gasteiger partial charge in [0.05, 0.1) is 0 Å². The van der Waals surface area contributed by atoms with Crippen molar-refractivity contribution >= 4 is 11.7 Å². The highest BCUT2D eigenvalue weighted by atomic mass is 16.2. The molecule has 2 aromatic rings. The number of carbonyl (C=O) groups is 2. The lowest BCUT2D eigenvalue weighted by molar-refractivity contribution is 0.0931. The number of nitrogens with one attached hydrogen (secondary N) is 2. The minimum Gasteiger partial charge on any atom is -0.354 e. The van der Waals surface area contributed by atoms with Crippen molar-refractivity contribution in [1.29, 1.82) is 0 Å². The van der Waals surface area contributed by atoms with E-state index in [4.69, 9.17) is 0 Å². The minimum atomic E-state index is -0.0868. The molecule has 1 aromatic heterocycles. The number of hydrogen-bond acceptors (Lipinski definition) is 3. The molecule has 5 nitrogen and oxygen atoms in total. The number of aromatic nitrogens is 1. The normalized spacial score (nSPS) is 20.2. The zero-order valence-corrected chi connectivity index (χ0v) is 15.2. The first-order chi connectivity index (χ1) is 12.6. The van der Waals surface area contributed by atoms with E-state index in [0.29, 0.717) is 12.1 Å². The van der Waals surface area contributed by atoms with Gasteiger partial charge in [0.15, 0.2) is 5.78 Å². The Bertz CT molecular complexity index is 825. The average Bonchev–Trinajstić information content (AvgIpc) is 3.21. The first-order valence-electron chi connectivity index (χ1n) is 9.43. The maximum atomic E-state index is 12.7. The van der Waals surface area contributed by atoms with Crippen LogP contribution in [0, 0.1) is 6.92 Å². The highest BCUT2D eigenvalue weighted by Crippen LogP contribution is 2.26. The van der Waals surface area contributed by atoms with Gasteiger partial charge in [-0.25, -0.2) is 0 Å². The lowest BCUT2D eigenvalue weighted by atomic mass is 9.94. The number of hydrogen-bond donors (Lipinski definition) is 2. The van der Waals surface area contributed by atoms with Crippen LogP contribution in [0.25, 0.3) is 0 Å². The van der Waals surface area contributed by atoms with Crippen molar-refractivity contribution in [2.75, 3.05) is 13.1 Å². The minimum absolute atomic E-state index is 0.0868. The monoisotopic (exact) mass is 351 g/mol. The van der Waals surface area contributed by atoms with Gasteiger partial charge in [-0.1, -0.05) is 30.3 Å². The summed E-state index contributed by atoms with van der Waals surface area (Å²) in [4.78, 5) is 30.5. The first-order valence-corrected chi connectivity index (χ1v) is 9.43. The molecule has 2 aliphatic rings. The molecule has 2 N–H and O–H groups in total. The smallest absolute Gasteiger partial charge is 0.268 e. The number of fused-ring (bicyclic) bond motifs is 1. The third-order valence-electron chi connectivity index (χ3n) is 5.52. The predicted molar refractivity (Wildman–Crippen MR) is 100 cm³/mol. The van der Waals surface area contributed by atoms with Crippen LogP contribution in [-0.2, 0) is 13.0 Å². The molecule has 1 aromatic carbocycles. The molecular formula is C21H25N3O2. The molecule has 1 saturated heterocycles. The fraction of sp³-hybridized carbons (Fsp3) is 0.429. The Hall–Kier alpha value is -2.40.